The summed E-state index contributed by atoms with van der Waals surface area (Å²) < 4.78 is 76.7. The summed E-state index contributed by atoms with van der Waals surface area (Å²) in [5, 5.41) is 17.5. The Morgan fingerprint density at radius 2 is 1.84 bits per heavy atom. The third-order valence-corrected chi connectivity index (χ3v) is 1.86. The van der Waals surface area contributed by atoms with Crippen LogP contribution in [0.5, 0.6) is 11.6 Å². The summed E-state index contributed by atoms with van der Waals surface area (Å²) >= 11 is 0. The smallest absolute Gasteiger partial charge is 0.503 e. The van der Waals surface area contributed by atoms with Gasteiger partial charge < -0.3 is 9.84 Å². The molecule has 0 atom stereocenters. The summed E-state index contributed by atoms with van der Waals surface area (Å²) in [6.07, 6.45) is -10.8. The van der Waals surface area contributed by atoms with Crippen molar-refractivity contribution in [3.63, 3.8) is 0 Å². The van der Waals surface area contributed by atoms with E-state index in [-0.39, 0.29) is 0 Å². The number of alkyl halides is 6. The van der Waals surface area contributed by atoms with Crippen LogP contribution in [0.1, 0.15) is 11.1 Å². The van der Waals surface area contributed by atoms with Gasteiger partial charge in [-0.15, -0.1) is 13.2 Å². The molecule has 0 fully saturated rings. The molecule has 0 aliphatic rings. The zero-order chi connectivity index (χ0) is 14.8. The molecule has 10 heteroatoms. The summed E-state index contributed by atoms with van der Waals surface area (Å²) in [7, 11) is 0. The van der Waals surface area contributed by atoms with Crippen molar-refractivity contribution in [2.24, 2.45) is 0 Å². The van der Waals surface area contributed by atoms with E-state index in [9.17, 15) is 31.4 Å². The van der Waals surface area contributed by atoms with Crippen LogP contribution >= 0.6 is 0 Å². The standard InChI is InChI=1S/C9H4F6N2O2/c10-8(11,12)5-4(1-2-16)3-17-7(6(5)18)19-9(13,14)15/h3,18H,1H2. The van der Waals surface area contributed by atoms with Crippen LogP contribution in [0.4, 0.5) is 26.3 Å². The van der Waals surface area contributed by atoms with Crippen molar-refractivity contribution in [1.29, 1.82) is 5.26 Å². The van der Waals surface area contributed by atoms with Crippen LogP contribution in [0, 0.1) is 11.3 Å². The second-order valence-corrected chi connectivity index (χ2v) is 3.19. The third kappa shape index (κ3) is 3.64. The van der Waals surface area contributed by atoms with Gasteiger partial charge in [0.25, 0.3) is 5.88 Å². The maximum absolute atomic E-state index is 12.6. The zero-order valence-electron chi connectivity index (χ0n) is 8.80. The van der Waals surface area contributed by atoms with E-state index in [0.29, 0.717) is 6.20 Å². The zero-order valence-corrected chi connectivity index (χ0v) is 8.80. The first-order valence-corrected chi connectivity index (χ1v) is 4.47. The SMILES string of the molecule is N#CCc1cnc(OC(F)(F)F)c(O)c1C(F)(F)F. The van der Waals surface area contributed by atoms with E-state index >= 15 is 0 Å². The third-order valence-electron chi connectivity index (χ3n) is 1.86. The summed E-state index contributed by atoms with van der Waals surface area (Å²) in [6.45, 7) is 0. The van der Waals surface area contributed by atoms with E-state index < -0.39 is 41.7 Å². The number of nitriles is 1. The Morgan fingerprint density at radius 1 is 1.26 bits per heavy atom. The second-order valence-electron chi connectivity index (χ2n) is 3.19. The minimum Gasteiger partial charge on any atom is -0.503 e. The molecule has 0 aromatic carbocycles. The Bertz CT molecular complexity index is 517. The highest BCUT2D eigenvalue weighted by Gasteiger charge is 2.41. The van der Waals surface area contributed by atoms with Gasteiger partial charge in [0, 0.05) is 11.8 Å². The molecule has 0 bridgehead atoms. The highest BCUT2D eigenvalue weighted by atomic mass is 19.4. The quantitative estimate of drug-likeness (QED) is 0.849. The van der Waals surface area contributed by atoms with Crippen molar-refractivity contribution in [1.82, 2.24) is 4.98 Å². The molecular formula is C9H4F6N2O2. The minimum atomic E-state index is -5.30. The van der Waals surface area contributed by atoms with E-state index in [4.69, 9.17) is 5.26 Å². The Morgan fingerprint density at radius 3 is 2.26 bits per heavy atom. The number of aromatic hydroxyl groups is 1. The average molecular weight is 286 g/mol. The monoisotopic (exact) mass is 286 g/mol. The number of hydrogen-bond acceptors (Lipinski definition) is 4. The van der Waals surface area contributed by atoms with Crippen molar-refractivity contribution >= 4 is 0 Å². The first kappa shape index (κ1) is 14.9. The van der Waals surface area contributed by atoms with Gasteiger partial charge in [0.1, 0.15) is 5.56 Å². The first-order valence-electron chi connectivity index (χ1n) is 4.47. The molecule has 104 valence electrons. The van der Waals surface area contributed by atoms with Crippen LogP contribution in [-0.4, -0.2) is 16.5 Å². The Hall–Kier alpha value is -2.18. The average Bonchev–Trinajstić information content (AvgIpc) is 2.19. The number of rotatable bonds is 2. The number of aromatic nitrogens is 1. The lowest BCUT2D eigenvalue weighted by Crippen LogP contribution is -2.19. The number of hydrogen-bond donors (Lipinski definition) is 1. The van der Waals surface area contributed by atoms with Gasteiger partial charge >= 0.3 is 12.5 Å². The Balaban J connectivity index is 3.39. The van der Waals surface area contributed by atoms with Crippen LogP contribution in [0.2, 0.25) is 0 Å². The first-order chi connectivity index (χ1) is 8.56. The van der Waals surface area contributed by atoms with Crippen molar-refractivity contribution in [2.45, 2.75) is 19.0 Å². The molecular weight excluding hydrogens is 282 g/mol. The molecule has 0 spiro atoms. The fraction of sp³-hybridized carbons (Fsp3) is 0.333. The Kier molecular flexibility index (Phi) is 3.78. The van der Waals surface area contributed by atoms with Crippen LogP contribution in [0.25, 0.3) is 0 Å². The van der Waals surface area contributed by atoms with Crippen molar-refractivity contribution in [3.05, 3.63) is 17.3 Å². The van der Waals surface area contributed by atoms with Gasteiger partial charge in [-0.25, -0.2) is 4.98 Å². The topological polar surface area (TPSA) is 66.1 Å². The van der Waals surface area contributed by atoms with Crippen molar-refractivity contribution in [3.8, 4) is 17.7 Å². The maximum Gasteiger partial charge on any atom is 0.574 e. The van der Waals surface area contributed by atoms with Crippen LogP contribution in [-0.2, 0) is 12.6 Å². The fourth-order valence-corrected chi connectivity index (χ4v) is 1.24. The molecule has 0 saturated carbocycles. The van der Waals surface area contributed by atoms with E-state index in [1.54, 1.807) is 0 Å². The van der Waals surface area contributed by atoms with Crippen molar-refractivity contribution in [2.75, 3.05) is 0 Å². The number of nitrogens with zero attached hydrogens (tertiary/aromatic N) is 2. The predicted octanol–water partition coefficient (Wildman–Crippen LogP) is 2.77. The highest BCUT2D eigenvalue weighted by Crippen LogP contribution is 2.43. The van der Waals surface area contributed by atoms with Gasteiger partial charge in [0.05, 0.1) is 12.5 Å². The number of halogens is 6. The Labute approximate surface area is 101 Å². The molecule has 0 amide bonds. The molecule has 0 aliphatic heterocycles. The number of ether oxygens (including phenoxy) is 1. The maximum atomic E-state index is 12.6. The molecule has 0 unspecified atom stereocenters. The van der Waals surface area contributed by atoms with Crippen LogP contribution in [0.15, 0.2) is 6.20 Å². The molecule has 1 heterocycles. The molecule has 4 nitrogen and oxygen atoms in total. The van der Waals surface area contributed by atoms with Crippen LogP contribution < -0.4 is 4.74 Å². The molecule has 1 aromatic rings. The lowest BCUT2D eigenvalue weighted by Gasteiger charge is -2.16. The molecule has 0 radical (unpaired) electrons. The van der Waals surface area contributed by atoms with Gasteiger partial charge in [0.2, 0.25) is 0 Å². The van der Waals surface area contributed by atoms with E-state index in [1.807, 2.05) is 0 Å². The minimum absolute atomic E-state index is 0.396. The van der Waals surface area contributed by atoms with Crippen molar-refractivity contribution < 1.29 is 36.2 Å². The number of pyridine rings is 1. The van der Waals surface area contributed by atoms with Gasteiger partial charge in [-0.05, 0) is 0 Å². The largest absolute Gasteiger partial charge is 0.574 e. The van der Waals surface area contributed by atoms with Crippen LogP contribution in [0.3, 0.4) is 0 Å². The fourth-order valence-electron chi connectivity index (χ4n) is 1.24. The summed E-state index contributed by atoms with van der Waals surface area (Å²) in [5.74, 6) is -3.43. The highest BCUT2D eigenvalue weighted by molar-refractivity contribution is 5.47. The van der Waals surface area contributed by atoms with Gasteiger partial charge in [0.15, 0.2) is 5.75 Å². The summed E-state index contributed by atoms with van der Waals surface area (Å²) in [6, 6.07) is 1.38. The van der Waals surface area contributed by atoms with E-state index in [1.165, 1.54) is 6.07 Å². The molecule has 1 rings (SSSR count). The molecule has 0 aliphatic carbocycles. The van der Waals surface area contributed by atoms with Gasteiger partial charge in [-0.3, -0.25) is 0 Å². The van der Waals surface area contributed by atoms with E-state index in [0.717, 1.165) is 0 Å². The van der Waals surface area contributed by atoms with Gasteiger partial charge in [-0.2, -0.15) is 18.4 Å². The summed E-state index contributed by atoms with van der Waals surface area (Å²) in [5.41, 5.74) is -2.52. The normalized spacial score (nSPS) is 12.1. The predicted molar refractivity (Wildman–Crippen MR) is 46.9 cm³/mol. The molecule has 0 saturated heterocycles. The lowest BCUT2D eigenvalue weighted by molar-refractivity contribution is -0.276. The van der Waals surface area contributed by atoms with Gasteiger partial charge in [-0.1, -0.05) is 0 Å². The molecule has 1 aromatic heterocycles. The summed E-state index contributed by atoms with van der Waals surface area (Å²) in [4.78, 5) is 2.91. The molecule has 1 N–H and O–H groups in total. The second kappa shape index (κ2) is 4.83. The molecule has 19 heavy (non-hydrogen) atoms. The lowest BCUT2D eigenvalue weighted by atomic mass is 10.1. The van der Waals surface area contributed by atoms with E-state index in [2.05, 4.69) is 9.72 Å².